The summed E-state index contributed by atoms with van der Waals surface area (Å²) in [6.45, 7) is 0. The third-order valence-electron chi connectivity index (χ3n) is 8.30. The minimum Gasteiger partial charge on any atom is -0.0885 e. The average Bonchev–Trinajstić information content (AvgIpc) is 3.68. The highest BCUT2D eigenvalue weighted by molar-refractivity contribution is 5.61. The molecule has 8 rings (SSSR count). The molecule has 8 aliphatic carbocycles. The van der Waals surface area contributed by atoms with Gasteiger partial charge in [-0.15, -0.1) is 0 Å². The quantitative estimate of drug-likeness (QED) is 0.358. The standard InChI is InChI=1S/C10H14.C10H10.C5H8.C5H6/c2*1-2-9-7-4-5-8(6-7)10(9)3-1;2*1-2-4-5-3-1/h4-5,7-10H,1-3,6H2;4-5H,1-3,6H2;1-2H,3-5H2;1-4H,5H2/t7-,8+,9?,10?;;;. The summed E-state index contributed by atoms with van der Waals surface area (Å²) in [4.78, 5) is 0. The van der Waals surface area contributed by atoms with E-state index in [1.54, 1.807) is 22.3 Å². The van der Waals surface area contributed by atoms with Crippen LogP contribution in [0.5, 0.6) is 0 Å². The fraction of sp³-hybridized carbons (Fsp3) is 0.533. The Hall–Kier alpha value is -1.82. The lowest BCUT2D eigenvalue weighted by molar-refractivity contribution is 0.364. The van der Waals surface area contributed by atoms with E-state index >= 15 is 0 Å². The van der Waals surface area contributed by atoms with Crippen LogP contribution in [0, 0.1) is 23.7 Å². The molecule has 4 atom stereocenters. The Bertz CT molecular complexity index is 775. The molecule has 3 fully saturated rings. The molecule has 0 N–H and O–H groups in total. The predicted octanol–water partition coefficient (Wildman–Crippen LogP) is 8.57. The summed E-state index contributed by atoms with van der Waals surface area (Å²) in [5.74, 6) is 4.26. The molecule has 0 aromatic rings. The van der Waals surface area contributed by atoms with Gasteiger partial charge in [0.2, 0.25) is 0 Å². The van der Waals surface area contributed by atoms with Crippen molar-refractivity contribution in [2.24, 2.45) is 23.7 Å². The number of fused-ring (bicyclic) bond motifs is 8. The lowest BCUT2D eigenvalue weighted by atomic mass is 9.86. The highest BCUT2D eigenvalue weighted by Crippen LogP contribution is 2.55. The van der Waals surface area contributed by atoms with Crippen LogP contribution in [0.3, 0.4) is 0 Å². The van der Waals surface area contributed by atoms with Crippen molar-refractivity contribution in [3.05, 3.63) is 83.1 Å². The molecule has 0 aliphatic heterocycles. The molecule has 30 heavy (non-hydrogen) atoms. The highest BCUT2D eigenvalue weighted by atomic mass is 14.5. The Morgan fingerprint density at radius 1 is 0.633 bits per heavy atom. The molecule has 158 valence electrons. The number of rotatable bonds is 0. The monoisotopic (exact) mass is 398 g/mol. The third-order valence-corrected chi connectivity index (χ3v) is 8.30. The number of hydrogen-bond donors (Lipinski definition) is 0. The molecule has 2 unspecified atom stereocenters. The molecule has 3 saturated carbocycles. The number of hydrogen-bond acceptors (Lipinski definition) is 0. The molecule has 0 nitrogen and oxygen atoms in total. The van der Waals surface area contributed by atoms with Crippen LogP contribution in [-0.2, 0) is 0 Å². The summed E-state index contributed by atoms with van der Waals surface area (Å²) in [7, 11) is 0. The summed E-state index contributed by atoms with van der Waals surface area (Å²) < 4.78 is 0. The Labute approximate surface area is 183 Å². The van der Waals surface area contributed by atoms with Crippen molar-refractivity contribution < 1.29 is 0 Å². The molecule has 0 heteroatoms. The van der Waals surface area contributed by atoms with Crippen molar-refractivity contribution in [3.63, 3.8) is 0 Å². The Morgan fingerprint density at radius 2 is 1.23 bits per heavy atom. The minimum absolute atomic E-state index is 1.01. The maximum atomic E-state index is 2.48. The summed E-state index contributed by atoms with van der Waals surface area (Å²) >= 11 is 0. The molecule has 0 saturated heterocycles. The fourth-order valence-corrected chi connectivity index (χ4v) is 6.85. The van der Waals surface area contributed by atoms with Crippen LogP contribution in [0.1, 0.15) is 77.0 Å². The SMILES string of the molecule is C1=CC2=C3CCCC3=C1C2.C1=CCC=C1.C1=CCCC1.C1=C[C@H]2C[C@@H]1C1CCCC12. The maximum absolute atomic E-state index is 2.48. The summed E-state index contributed by atoms with van der Waals surface area (Å²) in [6, 6.07) is 0. The lowest BCUT2D eigenvalue weighted by Crippen LogP contribution is -2.12. The molecule has 0 spiro atoms. The smallest absolute Gasteiger partial charge is 0.00201 e. The molecule has 0 amide bonds. The number of allylic oxidation sites excluding steroid dienone is 14. The molecule has 0 aromatic carbocycles. The van der Waals surface area contributed by atoms with Crippen LogP contribution >= 0.6 is 0 Å². The minimum atomic E-state index is 1.01. The zero-order valence-electron chi connectivity index (χ0n) is 18.6. The van der Waals surface area contributed by atoms with E-state index in [-0.39, 0.29) is 0 Å². The van der Waals surface area contributed by atoms with Crippen molar-refractivity contribution in [2.45, 2.75) is 77.0 Å². The second-order valence-corrected chi connectivity index (χ2v) is 10.1. The van der Waals surface area contributed by atoms with Crippen LogP contribution in [0.4, 0.5) is 0 Å². The zero-order chi connectivity index (χ0) is 20.2. The van der Waals surface area contributed by atoms with E-state index in [1.807, 2.05) is 0 Å². The Balaban J connectivity index is 0.0000000907. The first-order chi connectivity index (χ1) is 14.9. The molecule has 0 radical (unpaired) electrons. The van der Waals surface area contributed by atoms with Gasteiger partial charge < -0.3 is 0 Å². The van der Waals surface area contributed by atoms with Gasteiger partial charge in [-0.1, -0.05) is 67.2 Å². The van der Waals surface area contributed by atoms with Gasteiger partial charge >= 0.3 is 0 Å². The van der Waals surface area contributed by atoms with Crippen molar-refractivity contribution in [2.75, 3.05) is 0 Å². The van der Waals surface area contributed by atoms with Crippen molar-refractivity contribution in [3.8, 4) is 0 Å². The van der Waals surface area contributed by atoms with Crippen LogP contribution in [-0.4, -0.2) is 0 Å². The zero-order valence-corrected chi connectivity index (χ0v) is 18.6. The highest BCUT2D eigenvalue weighted by Gasteiger charge is 2.46. The summed E-state index contributed by atoms with van der Waals surface area (Å²) in [5, 5.41) is 0. The van der Waals surface area contributed by atoms with Gasteiger partial charge in [-0.3, -0.25) is 0 Å². The summed E-state index contributed by atoms with van der Waals surface area (Å²) in [6.07, 6.45) is 39.1. The van der Waals surface area contributed by atoms with E-state index < -0.39 is 0 Å². The van der Waals surface area contributed by atoms with E-state index in [9.17, 15) is 0 Å². The van der Waals surface area contributed by atoms with Gasteiger partial charge in [0.25, 0.3) is 0 Å². The van der Waals surface area contributed by atoms with Crippen LogP contribution in [0.2, 0.25) is 0 Å². The van der Waals surface area contributed by atoms with Gasteiger partial charge in [-0.2, -0.15) is 0 Å². The Morgan fingerprint density at radius 3 is 1.70 bits per heavy atom. The molecular weight excluding hydrogens is 360 g/mol. The third kappa shape index (κ3) is 4.29. The predicted molar refractivity (Wildman–Crippen MR) is 129 cm³/mol. The first-order valence-electron chi connectivity index (χ1n) is 12.7. The van der Waals surface area contributed by atoms with Crippen LogP contribution in [0.25, 0.3) is 0 Å². The summed E-state index contributed by atoms with van der Waals surface area (Å²) in [5.41, 5.74) is 6.67. The van der Waals surface area contributed by atoms with Gasteiger partial charge in [0.15, 0.2) is 0 Å². The topological polar surface area (TPSA) is 0 Å². The molecule has 8 aliphatic rings. The maximum Gasteiger partial charge on any atom is -0.00201 e. The van der Waals surface area contributed by atoms with Crippen molar-refractivity contribution in [1.82, 2.24) is 0 Å². The molecule has 0 aromatic heterocycles. The fourth-order valence-electron chi connectivity index (χ4n) is 6.85. The second-order valence-electron chi connectivity index (χ2n) is 10.1. The average molecular weight is 399 g/mol. The van der Waals surface area contributed by atoms with E-state index in [0.29, 0.717) is 0 Å². The largest absolute Gasteiger partial charge is 0.0885 e. The van der Waals surface area contributed by atoms with Gasteiger partial charge in [-0.25, -0.2) is 0 Å². The normalized spacial score (nSPS) is 34.1. The van der Waals surface area contributed by atoms with Crippen LogP contribution in [0.15, 0.2) is 83.1 Å². The van der Waals surface area contributed by atoms with E-state index in [4.69, 9.17) is 0 Å². The van der Waals surface area contributed by atoms with Crippen LogP contribution < -0.4 is 0 Å². The lowest BCUT2D eigenvalue weighted by Gasteiger charge is -2.19. The van der Waals surface area contributed by atoms with E-state index in [0.717, 1.165) is 30.1 Å². The molecule has 4 bridgehead atoms. The Kier molecular flexibility index (Phi) is 6.40. The molecule has 0 heterocycles. The first kappa shape index (κ1) is 20.1. The van der Waals surface area contributed by atoms with Crippen molar-refractivity contribution >= 4 is 0 Å². The first-order valence-corrected chi connectivity index (χ1v) is 12.7. The van der Waals surface area contributed by atoms with Gasteiger partial charge in [0.05, 0.1) is 0 Å². The van der Waals surface area contributed by atoms with Gasteiger partial charge in [0.1, 0.15) is 0 Å². The van der Waals surface area contributed by atoms with Gasteiger partial charge in [0, 0.05) is 0 Å². The second kappa shape index (κ2) is 9.54. The molecular formula is C30H38. The van der Waals surface area contributed by atoms with Crippen molar-refractivity contribution in [1.29, 1.82) is 0 Å². The van der Waals surface area contributed by atoms with Gasteiger partial charge in [-0.05, 0) is 117 Å². The van der Waals surface area contributed by atoms with E-state index in [2.05, 4.69) is 60.8 Å². The van der Waals surface area contributed by atoms with E-state index in [1.165, 1.54) is 70.6 Å².